The van der Waals surface area contributed by atoms with Crippen LogP contribution in [0.1, 0.15) is 12.7 Å². The van der Waals surface area contributed by atoms with Crippen LogP contribution in [-0.2, 0) is 19.5 Å². The molecule has 1 unspecified atom stereocenters. The lowest BCUT2D eigenvalue weighted by atomic mass is 10.2. The molecule has 5 heteroatoms. The van der Waals surface area contributed by atoms with Crippen LogP contribution in [0.15, 0.2) is 43.0 Å². The molecule has 1 aromatic carbocycles. The monoisotopic (exact) mass is 283 g/mol. The number of benzene rings is 1. The van der Waals surface area contributed by atoms with E-state index in [1.165, 1.54) is 5.52 Å². The molecular weight excluding hydrogens is 262 g/mol. The molecule has 0 saturated heterocycles. The Kier molecular flexibility index (Phi) is 4.01. The largest absolute Gasteiger partial charge is 0.335 e. The molecule has 1 atom stereocenters. The molecule has 110 valence electrons. The van der Waals surface area contributed by atoms with Crippen molar-refractivity contribution in [2.75, 3.05) is 7.05 Å². The number of rotatable bonds is 6. The number of imidazole rings is 2. The Labute approximate surface area is 124 Å². The fraction of sp³-hybridized carbons (Fsp3) is 0.375. The van der Waals surface area contributed by atoms with E-state index in [1.807, 2.05) is 37.9 Å². The number of nitrogens with zero attached hydrogens (tertiary/aromatic N) is 4. The zero-order chi connectivity index (χ0) is 14.7. The molecule has 0 radical (unpaired) electrons. The third-order valence-corrected chi connectivity index (χ3v) is 3.92. The summed E-state index contributed by atoms with van der Waals surface area (Å²) in [6, 6.07) is 8.56. The van der Waals surface area contributed by atoms with Crippen molar-refractivity contribution >= 4 is 11.0 Å². The molecule has 0 bridgehead atoms. The van der Waals surface area contributed by atoms with Crippen molar-refractivity contribution < 1.29 is 0 Å². The minimum Gasteiger partial charge on any atom is -0.335 e. The van der Waals surface area contributed by atoms with Gasteiger partial charge in [0.15, 0.2) is 0 Å². The van der Waals surface area contributed by atoms with E-state index in [-0.39, 0.29) is 0 Å². The van der Waals surface area contributed by atoms with Gasteiger partial charge < -0.3 is 14.5 Å². The van der Waals surface area contributed by atoms with Crippen LogP contribution in [0.2, 0.25) is 0 Å². The van der Waals surface area contributed by atoms with Gasteiger partial charge in [-0.3, -0.25) is 0 Å². The summed E-state index contributed by atoms with van der Waals surface area (Å²) in [7, 11) is 2.00. The van der Waals surface area contributed by atoms with Crippen LogP contribution in [0, 0.1) is 0 Å². The Morgan fingerprint density at radius 2 is 2.05 bits per heavy atom. The summed E-state index contributed by atoms with van der Waals surface area (Å²) < 4.78 is 4.39. The van der Waals surface area contributed by atoms with Gasteiger partial charge in [0.25, 0.3) is 0 Å². The van der Waals surface area contributed by atoms with Crippen molar-refractivity contribution in [1.82, 2.24) is 24.4 Å². The number of hydrogen-bond acceptors (Lipinski definition) is 3. The van der Waals surface area contributed by atoms with Crippen molar-refractivity contribution in [2.45, 2.75) is 32.5 Å². The predicted molar refractivity (Wildman–Crippen MR) is 84.2 cm³/mol. The van der Waals surface area contributed by atoms with Crippen LogP contribution < -0.4 is 5.32 Å². The van der Waals surface area contributed by atoms with Gasteiger partial charge in [-0.15, -0.1) is 0 Å². The molecule has 5 nitrogen and oxygen atoms in total. The van der Waals surface area contributed by atoms with Crippen molar-refractivity contribution in [3.05, 3.63) is 48.8 Å². The minimum absolute atomic E-state index is 0.329. The lowest BCUT2D eigenvalue weighted by Crippen LogP contribution is -2.33. The van der Waals surface area contributed by atoms with Crippen LogP contribution in [-0.4, -0.2) is 32.2 Å². The fourth-order valence-electron chi connectivity index (χ4n) is 2.69. The van der Waals surface area contributed by atoms with E-state index in [4.69, 9.17) is 0 Å². The first-order chi connectivity index (χ1) is 10.3. The second-order valence-corrected chi connectivity index (χ2v) is 5.20. The lowest BCUT2D eigenvalue weighted by molar-refractivity contribution is 0.467. The molecule has 3 aromatic rings. The second kappa shape index (κ2) is 6.10. The number of para-hydroxylation sites is 2. The molecular formula is C16H21N5. The molecule has 0 aliphatic heterocycles. The topological polar surface area (TPSA) is 47.7 Å². The van der Waals surface area contributed by atoms with E-state index in [2.05, 4.69) is 43.5 Å². The highest BCUT2D eigenvalue weighted by molar-refractivity contribution is 5.74. The van der Waals surface area contributed by atoms with Crippen molar-refractivity contribution in [2.24, 2.45) is 0 Å². The first-order valence-electron chi connectivity index (χ1n) is 7.39. The maximum Gasteiger partial charge on any atom is 0.110 e. The first-order valence-corrected chi connectivity index (χ1v) is 7.39. The molecule has 21 heavy (non-hydrogen) atoms. The third kappa shape index (κ3) is 2.83. The average molecular weight is 283 g/mol. The Balaban J connectivity index is 1.78. The second-order valence-electron chi connectivity index (χ2n) is 5.20. The summed E-state index contributed by atoms with van der Waals surface area (Å²) in [6.45, 7) is 3.98. The summed E-state index contributed by atoms with van der Waals surface area (Å²) in [5.74, 6) is 1.13. The van der Waals surface area contributed by atoms with Gasteiger partial charge >= 0.3 is 0 Å². The van der Waals surface area contributed by atoms with Gasteiger partial charge in [-0.05, 0) is 26.1 Å². The number of nitrogens with one attached hydrogen (secondary N) is 1. The van der Waals surface area contributed by atoms with Gasteiger partial charge in [0.2, 0.25) is 0 Å². The highest BCUT2D eigenvalue weighted by Gasteiger charge is 2.13. The smallest absolute Gasteiger partial charge is 0.110 e. The maximum absolute atomic E-state index is 4.46. The van der Waals surface area contributed by atoms with Gasteiger partial charge in [0.1, 0.15) is 5.82 Å². The van der Waals surface area contributed by atoms with E-state index in [1.54, 1.807) is 0 Å². The highest BCUT2D eigenvalue weighted by atomic mass is 15.1. The van der Waals surface area contributed by atoms with Crippen LogP contribution in [0.3, 0.4) is 0 Å². The average Bonchev–Trinajstić information content (AvgIpc) is 3.13. The zero-order valence-corrected chi connectivity index (χ0v) is 12.5. The molecule has 0 saturated carbocycles. The Hall–Kier alpha value is -2.14. The van der Waals surface area contributed by atoms with E-state index in [9.17, 15) is 0 Å². The maximum atomic E-state index is 4.46. The highest BCUT2D eigenvalue weighted by Crippen LogP contribution is 2.13. The molecule has 0 spiro atoms. The summed E-state index contributed by atoms with van der Waals surface area (Å²) in [5.41, 5.74) is 2.22. The van der Waals surface area contributed by atoms with E-state index in [0.717, 1.165) is 30.9 Å². The molecule has 0 fully saturated rings. The summed E-state index contributed by atoms with van der Waals surface area (Å²) in [4.78, 5) is 8.92. The van der Waals surface area contributed by atoms with Crippen LogP contribution in [0.4, 0.5) is 0 Å². The number of aromatic nitrogens is 4. The van der Waals surface area contributed by atoms with E-state index in [0.29, 0.717) is 6.04 Å². The van der Waals surface area contributed by atoms with Crippen molar-refractivity contribution in [1.29, 1.82) is 0 Å². The minimum atomic E-state index is 0.329. The predicted octanol–water partition coefficient (Wildman–Crippen LogP) is 2.08. The molecule has 0 aliphatic carbocycles. The summed E-state index contributed by atoms with van der Waals surface area (Å²) >= 11 is 0. The number of hydrogen-bond donors (Lipinski definition) is 1. The van der Waals surface area contributed by atoms with Crippen molar-refractivity contribution in [3.8, 4) is 0 Å². The van der Waals surface area contributed by atoms with Crippen LogP contribution in [0.5, 0.6) is 0 Å². The molecule has 2 aromatic heterocycles. The molecule has 2 heterocycles. The molecule has 3 rings (SSSR count). The summed E-state index contributed by atoms with van der Waals surface area (Å²) in [5, 5.41) is 3.39. The summed E-state index contributed by atoms with van der Waals surface area (Å²) in [6.07, 6.45) is 6.73. The van der Waals surface area contributed by atoms with Gasteiger partial charge in [-0.1, -0.05) is 12.1 Å². The SMILES string of the molecule is CCn1ccnc1CC(Cn1cnc2ccccc21)NC. The van der Waals surface area contributed by atoms with Crippen molar-refractivity contribution in [3.63, 3.8) is 0 Å². The fourth-order valence-corrected chi connectivity index (χ4v) is 2.69. The van der Waals surface area contributed by atoms with Gasteiger partial charge in [-0.2, -0.15) is 0 Å². The number of fused-ring (bicyclic) bond motifs is 1. The standard InChI is InChI=1S/C16H21N5/c1-3-20-9-8-18-16(20)10-13(17-2)11-21-12-19-14-6-4-5-7-15(14)21/h4-9,12-13,17H,3,10-11H2,1-2H3. The lowest BCUT2D eigenvalue weighted by Gasteiger charge is -2.17. The van der Waals surface area contributed by atoms with Gasteiger partial charge in [-0.25, -0.2) is 9.97 Å². The normalized spacial score (nSPS) is 12.9. The van der Waals surface area contributed by atoms with Gasteiger partial charge in [0.05, 0.1) is 17.4 Å². The molecule has 0 aliphatic rings. The van der Waals surface area contributed by atoms with Crippen LogP contribution >= 0.6 is 0 Å². The van der Waals surface area contributed by atoms with Crippen LogP contribution in [0.25, 0.3) is 11.0 Å². The third-order valence-electron chi connectivity index (χ3n) is 3.92. The van der Waals surface area contributed by atoms with Gasteiger partial charge in [0, 0.05) is 37.9 Å². The number of aryl methyl sites for hydroxylation is 1. The quantitative estimate of drug-likeness (QED) is 0.753. The number of likely N-dealkylation sites (N-methyl/N-ethyl adjacent to an activating group) is 1. The Bertz CT molecular complexity index is 712. The zero-order valence-electron chi connectivity index (χ0n) is 12.5. The Morgan fingerprint density at radius 3 is 2.86 bits per heavy atom. The Morgan fingerprint density at radius 1 is 1.19 bits per heavy atom. The molecule has 0 amide bonds. The van der Waals surface area contributed by atoms with E-state index >= 15 is 0 Å². The van der Waals surface area contributed by atoms with E-state index < -0.39 is 0 Å². The first kappa shape index (κ1) is 13.8. The molecule has 1 N–H and O–H groups in total.